The monoisotopic (exact) mass is 373 g/mol. The maximum atomic E-state index is 6.18. The van der Waals surface area contributed by atoms with Crippen LogP contribution in [0.3, 0.4) is 0 Å². The lowest BCUT2D eigenvalue weighted by molar-refractivity contribution is 0.266. The van der Waals surface area contributed by atoms with Crippen molar-refractivity contribution in [2.75, 3.05) is 11.9 Å². The van der Waals surface area contributed by atoms with E-state index in [-0.39, 0.29) is 0 Å². The fourth-order valence-electron chi connectivity index (χ4n) is 3.11. The summed E-state index contributed by atoms with van der Waals surface area (Å²) >= 11 is 9.72. The summed E-state index contributed by atoms with van der Waals surface area (Å²) in [5.41, 5.74) is 1.00. The van der Waals surface area contributed by atoms with E-state index >= 15 is 0 Å². The molecule has 1 N–H and O–H groups in total. The van der Waals surface area contributed by atoms with E-state index < -0.39 is 0 Å². The van der Waals surface area contributed by atoms with E-state index in [2.05, 4.69) is 35.1 Å². The van der Waals surface area contributed by atoms with Gasteiger partial charge in [-0.05, 0) is 72.5 Å². The van der Waals surface area contributed by atoms with E-state index in [9.17, 15) is 0 Å². The molecule has 1 aromatic rings. The zero-order valence-corrected chi connectivity index (χ0v) is 15.4. The number of halogens is 2. The third-order valence-electron chi connectivity index (χ3n) is 4.37. The number of rotatable bonds is 5. The highest BCUT2D eigenvalue weighted by molar-refractivity contribution is 9.10. The summed E-state index contributed by atoms with van der Waals surface area (Å²) in [6.45, 7) is 7.31. The Hall–Kier alpha value is -0.410. The quantitative estimate of drug-likeness (QED) is 0.669. The maximum absolute atomic E-state index is 6.18. The van der Waals surface area contributed by atoms with Gasteiger partial charge in [0.25, 0.3) is 0 Å². The molecule has 0 bridgehead atoms. The van der Waals surface area contributed by atoms with Crippen LogP contribution in [-0.2, 0) is 0 Å². The highest BCUT2D eigenvalue weighted by atomic mass is 79.9. The second-order valence-corrected chi connectivity index (χ2v) is 7.49. The lowest BCUT2D eigenvalue weighted by Gasteiger charge is -2.32. The second-order valence-electron chi connectivity index (χ2n) is 6.20. The molecule has 1 saturated carbocycles. The first kappa shape index (κ1) is 17.0. The number of benzene rings is 1. The summed E-state index contributed by atoms with van der Waals surface area (Å²) in [6, 6.07) is 4.36. The average molecular weight is 375 g/mol. The van der Waals surface area contributed by atoms with Gasteiger partial charge in [-0.1, -0.05) is 25.4 Å². The largest absolute Gasteiger partial charge is 0.491 e. The van der Waals surface area contributed by atoms with Crippen LogP contribution in [0.25, 0.3) is 0 Å². The molecule has 2 rings (SSSR count). The Kier molecular flexibility index (Phi) is 6.24. The number of anilines is 1. The van der Waals surface area contributed by atoms with Gasteiger partial charge in [0.1, 0.15) is 0 Å². The molecule has 1 aromatic carbocycles. The number of hydrogen-bond acceptors (Lipinski definition) is 2. The van der Waals surface area contributed by atoms with Gasteiger partial charge >= 0.3 is 0 Å². The first-order chi connectivity index (χ1) is 10.0. The summed E-state index contributed by atoms with van der Waals surface area (Å²) in [5, 5.41) is 4.36. The molecular formula is C17H25BrClNO. The Morgan fingerprint density at radius 3 is 2.52 bits per heavy atom. The fourth-order valence-corrected chi connectivity index (χ4v) is 4.03. The summed E-state index contributed by atoms with van der Waals surface area (Å²) in [7, 11) is 0. The molecule has 0 heterocycles. The number of nitrogens with one attached hydrogen (secondary N) is 1. The van der Waals surface area contributed by atoms with Crippen molar-refractivity contribution in [2.45, 2.75) is 52.5 Å². The number of hydrogen-bond donors (Lipinski definition) is 1. The molecule has 2 nitrogen and oxygen atoms in total. The van der Waals surface area contributed by atoms with Crippen LogP contribution in [0.15, 0.2) is 16.6 Å². The Morgan fingerprint density at radius 1 is 1.29 bits per heavy atom. The van der Waals surface area contributed by atoms with Crippen molar-refractivity contribution in [1.82, 2.24) is 0 Å². The SMILES string of the molecule is CCOc1c(Br)cc(Cl)cc1NC1CCC(C(C)C)CC1. The molecule has 4 heteroatoms. The molecule has 0 atom stereocenters. The lowest BCUT2D eigenvalue weighted by Crippen LogP contribution is -2.28. The van der Waals surface area contributed by atoms with Crippen LogP contribution >= 0.6 is 27.5 Å². The smallest absolute Gasteiger partial charge is 0.156 e. The van der Waals surface area contributed by atoms with E-state index in [4.69, 9.17) is 16.3 Å². The molecule has 0 aromatic heterocycles. The third-order valence-corrected chi connectivity index (χ3v) is 5.18. The summed E-state index contributed by atoms with van der Waals surface area (Å²) in [4.78, 5) is 0. The second kappa shape index (κ2) is 7.73. The molecule has 1 fully saturated rings. The molecule has 0 aliphatic heterocycles. The van der Waals surface area contributed by atoms with Crippen molar-refractivity contribution in [2.24, 2.45) is 11.8 Å². The maximum Gasteiger partial charge on any atom is 0.156 e. The molecule has 21 heavy (non-hydrogen) atoms. The molecule has 1 aliphatic carbocycles. The Labute approximate surface area is 141 Å². The molecule has 1 aliphatic rings. The molecular weight excluding hydrogens is 350 g/mol. The Morgan fingerprint density at radius 2 is 1.95 bits per heavy atom. The van der Waals surface area contributed by atoms with E-state index in [1.54, 1.807) is 0 Å². The van der Waals surface area contributed by atoms with Crippen molar-refractivity contribution in [3.05, 3.63) is 21.6 Å². The van der Waals surface area contributed by atoms with Gasteiger partial charge in [0, 0.05) is 11.1 Å². The zero-order valence-electron chi connectivity index (χ0n) is 13.1. The van der Waals surface area contributed by atoms with Gasteiger partial charge in [0.05, 0.1) is 16.8 Å². The average Bonchev–Trinajstić information content (AvgIpc) is 2.43. The highest BCUT2D eigenvalue weighted by Crippen LogP contribution is 2.39. The van der Waals surface area contributed by atoms with Crippen LogP contribution in [0.4, 0.5) is 5.69 Å². The van der Waals surface area contributed by atoms with Crippen LogP contribution < -0.4 is 10.1 Å². The summed E-state index contributed by atoms with van der Waals surface area (Å²) in [6.07, 6.45) is 5.05. The molecule has 0 saturated heterocycles. The van der Waals surface area contributed by atoms with Gasteiger partial charge in [-0.2, -0.15) is 0 Å². The van der Waals surface area contributed by atoms with Crippen LogP contribution in [-0.4, -0.2) is 12.6 Å². The van der Waals surface area contributed by atoms with Crippen molar-refractivity contribution < 1.29 is 4.74 Å². The molecule has 0 radical (unpaired) electrons. The normalized spacial score (nSPS) is 22.4. The van der Waals surface area contributed by atoms with E-state index in [1.807, 2.05) is 19.1 Å². The van der Waals surface area contributed by atoms with Crippen molar-refractivity contribution >= 4 is 33.2 Å². The predicted octanol–water partition coefficient (Wildman–Crippen LogP) is 6.13. The Balaban J connectivity index is 2.06. The molecule has 0 unspecified atom stereocenters. The standard InChI is InChI=1S/C17H25BrClNO/c1-4-21-17-15(18)9-13(19)10-16(17)20-14-7-5-12(6-8-14)11(2)3/h9-12,14,20H,4-8H2,1-3H3. The number of ether oxygens (including phenoxy) is 1. The van der Waals surface area contributed by atoms with E-state index in [0.717, 1.165) is 32.8 Å². The van der Waals surface area contributed by atoms with Gasteiger partial charge in [-0.15, -0.1) is 0 Å². The van der Waals surface area contributed by atoms with Crippen LogP contribution in [0.2, 0.25) is 5.02 Å². The summed E-state index contributed by atoms with van der Waals surface area (Å²) in [5.74, 6) is 2.54. The van der Waals surface area contributed by atoms with Gasteiger partial charge in [-0.25, -0.2) is 0 Å². The van der Waals surface area contributed by atoms with Crippen molar-refractivity contribution in [3.63, 3.8) is 0 Å². The van der Waals surface area contributed by atoms with Crippen molar-refractivity contribution in [1.29, 1.82) is 0 Å². The Bertz CT molecular complexity index is 470. The third kappa shape index (κ3) is 4.53. The van der Waals surface area contributed by atoms with E-state index in [0.29, 0.717) is 12.6 Å². The summed E-state index contributed by atoms with van der Waals surface area (Å²) < 4.78 is 6.67. The molecule has 0 amide bonds. The zero-order chi connectivity index (χ0) is 15.4. The van der Waals surface area contributed by atoms with Crippen LogP contribution in [0, 0.1) is 11.8 Å². The topological polar surface area (TPSA) is 21.3 Å². The van der Waals surface area contributed by atoms with Gasteiger partial charge in [-0.3, -0.25) is 0 Å². The minimum Gasteiger partial charge on any atom is -0.491 e. The van der Waals surface area contributed by atoms with Gasteiger partial charge in [0.2, 0.25) is 0 Å². The van der Waals surface area contributed by atoms with Gasteiger partial charge < -0.3 is 10.1 Å². The van der Waals surface area contributed by atoms with Gasteiger partial charge in [0.15, 0.2) is 5.75 Å². The van der Waals surface area contributed by atoms with E-state index in [1.165, 1.54) is 25.7 Å². The van der Waals surface area contributed by atoms with Crippen molar-refractivity contribution in [3.8, 4) is 5.75 Å². The lowest BCUT2D eigenvalue weighted by atomic mass is 9.79. The highest BCUT2D eigenvalue weighted by Gasteiger charge is 2.24. The predicted molar refractivity (Wildman–Crippen MR) is 94.5 cm³/mol. The molecule has 0 spiro atoms. The molecule has 118 valence electrons. The fraction of sp³-hybridized carbons (Fsp3) is 0.647. The first-order valence-corrected chi connectivity index (χ1v) is 9.06. The minimum absolute atomic E-state index is 0.518. The minimum atomic E-state index is 0.518. The van der Waals surface area contributed by atoms with Crippen LogP contribution in [0.5, 0.6) is 5.75 Å². The first-order valence-electron chi connectivity index (χ1n) is 7.89. The van der Waals surface area contributed by atoms with Crippen LogP contribution in [0.1, 0.15) is 46.5 Å².